The van der Waals surface area contributed by atoms with Crippen LogP contribution in [0.3, 0.4) is 0 Å². The molecule has 0 unspecified atom stereocenters. The first kappa shape index (κ1) is 17.4. The Morgan fingerprint density at radius 3 is 1.86 bits per heavy atom. The normalized spacial score (nSPS) is 9.86. The number of hydrogen-bond donors (Lipinski definition) is 3. The van der Waals surface area contributed by atoms with E-state index < -0.39 is 0 Å². The molecule has 3 nitrogen and oxygen atoms in total. The topological polar surface area (TPSA) is 50.1 Å². The second kappa shape index (κ2) is 16.4. The summed E-state index contributed by atoms with van der Waals surface area (Å²) >= 11 is 0. The van der Waals surface area contributed by atoms with E-state index in [1.54, 1.807) is 0 Å². The van der Waals surface area contributed by atoms with Gasteiger partial charge in [-0.1, -0.05) is 0 Å². The van der Waals surface area contributed by atoms with Gasteiger partial charge < -0.3 is 23.3 Å². The molecule has 0 aliphatic rings. The van der Waals surface area contributed by atoms with Gasteiger partial charge in [0.25, 0.3) is 0 Å². The van der Waals surface area contributed by atoms with Crippen molar-refractivity contribution in [2.75, 3.05) is 32.7 Å². The molecule has 0 saturated carbocycles. The second-order valence-corrected chi connectivity index (χ2v) is 3.20. The van der Waals surface area contributed by atoms with E-state index in [2.05, 4.69) is 17.6 Å². The minimum Gasteiger partial charge on any atom is -0.342 e. The maximum Gasteiger partial charge on any atom is 0 e. The second-order valence-electron chi connectivity index (χ2n) is 3.20. The van der Waals surface area contributed by atoms with Gasteiger partial charge in [0.05, 0.1) is 0 Å². The average molecular weight is 275 g/mol. The standard InChI is InChI=1S/C10H24N3.Y/c1-2-7-12-8-3-4-9-13-10-5-6-11;/h12-13H,1-11H2;/q-1;. The van der Waals surface area contributed by atoms with E-state index in [1.807, 2.05) is 0 Å². The van der Waals surface area contributed by atoms with E-state index in [9.17, 15) is 0 Å². The Bertz CT molecular complexity index is 81.4. The van der Waals surface area contributed by atoms with Crippen molar-refractivity contribution in [3.8, 4) is 0 Å². The third kappa shape index (κ3) is 15.5. The molecule has 83 valence electrons. The molecule has 0 saturated heterocycles. The molecule has 4 N–H and O–H groups in total. The van der Waals surface area contributed by atoms with Crippen LogP contribution in [-0.4, -0.2) is 32.7 Å². The van der Waals surface area contributed by atoms with Gasteiger partial charge >= 0.3 is 0 Å². The van der Waals surface area contributed by atoms with Crippen molar-refractivity contribution in [3.05, 3.63) is 6.92 Å². The minimum absolute atomic E-state index is 0. The predicted molar refractivity (Wildman–Crippen MR) is 58.6 cm³/mol. The smallest absolute Gasteiger partial charge is 0 e. The monoisotopic (exact) mass is 275 g/mol. The molecule has 0 heterocycles. The first-order chi connectivity index (χ1) is 6.41. The zero-order valence-corrected chi connectivity index (χ0v) is 12.1. The summed E-state index contributed by atoms with van der Waals surface area (Å²) in [6, 6.07) is 0. The minimum atomic E-state index is 0. The molecule has 0 aliphatic carbocycles. The third-order valence-corrected chi connectivity index (χ3v) is 1.87. The van der Waals surface area contributed by atoms with Crippen molar-refractivity contribution >= 4 is 0 Å². The first-order valence-corrected chi connectivity index (χ1v) is 5.32. The van der Waals surface area contributed by atoms with E-state index in [0.717, 1.165) is 45.6 Å². The summed E-state index contributed by atoms with van der Waals surface area (Å²) in [5.41, 5.74) is 5.37. The van der Waals surface area contributed by atoms with Crippen LogP contribution in [0.2, 0.25) is 0 Å². The molecule has 4 heteroatoms. The fraction of sp³-hybridized carbons (Fsp3) is 0.900. The van der Waals surface area contributed by atoms with Crippen LogP contribution in [0.15, 0.2) is 0 Å². The Morgan fingerprint density at radius 2 is 1.36 bits per heavy atom. The van der Waals surface area contributed by atoms with Crippen molar-refractivity contribution in [2.24, 2.45) is 5.73 Å². The van der Waals surface area contributed by atoms with Gasteiger partial charge in [-0.15, -0.1) is 0 Å². The van der Waals surface area contributed by atoms with E-state index in [0.29, 0.717) is 0 Å². The van der Waals surface area contributed by atoms with Gasteiger partial charge in [0.15, 0.2) is 0 Å². The van der Waals surface area contributed by atoms with Crippen molar-refractivity contribution < 1.29 is 32.7 Å². The maximum absolute atomic E-state index is 5.37. The van der Waals surface area contributed by atoms with E-state index in [-0.39, 0.29) is 32.7 Å². The molecule has 14 heavy (non-hydrogen) atoms. The number of hydrogen-bond acceptors (Lipinski definition) is 3. The molecular weight excluding hydrogens is 251 g/mol. The maximum atomic E-state index is 5.37. The van der Waals surface area contributed by atoms with Crippen molar-refractivity contribution in [1.29, 1.82) is 0 Å². The van der Waals surface area contributed by atoms with Crippen molar-refractivity contribution in [1.82, 2.24) is 10.6 Å². The zero-order valence-electron chi connectivity index (χ0n) is 9.23. The quantitative estimate of drug-likeness (QED) is 0.402. The van der Waals surface area contributed by atoms with Gasteiger partial charge in [-0.25, -0.2) is 0 Å². The van der Waals surface area contributed by atoms with Crippen LogP contribution >= 0.6 is 0 Å². The predicted octanol–water partition coefficient (Wildman–Crippen LogP) is 0.516. The average Bonchev–Trinajstić information content (AvgIpc) is 2.16. The molecular formula is C10H24N3Y-. The largest absolute Gasteiger partial charge is 0.342 e. The molecule has 0 amide bonds. The Morgan fingerprint density at radius 1 is 0.857 bits per heavy atom. The molecule has 0 aromatic rings. The molecule has 0 fully saturated rings. The third-order valence-electron chi connectivity index (χ3n) is 1.87. The molecule has 0 atom stereocenters. The molecule has 0 spiro atoms. The van der Waals surface area contributed by atoms with Gasteiger partial charge in [-0.05, 0) is 52.0 Å². The van der Waals surface area contributed by atoms with Crippen molar-refractivity contribution in [3.63, 3.8) is 0 Å². The van der Waals surface area contributed by atoms with Crippen LogP contribution in [-0.2, 0) is 32.7 Å². The summed E-state index contributed by atoms with van der Waals surface area (Å²) < 4.78 is 0. The van der Waals surface area contributed by atoms with Gasteiger partial charge in [-0.3, -0.25) is 0 Å². The fourth-order valence-electron chi connectivity index (χ4n) is 1.10. The van der Waals surface area contributed by atoms with Crippen LogP contribution in [0.1, 0.15) is 25.7 Å². The summed E-state index contributed by atoms with van der Waals surface area (Å²) in [6.45, 7) is 8.89. The Hall–Kier alpha value is 0.984. The van der Waals surface area contributed by atoms with Gasteiger partial charge in [0, 0.05) is 32.7 Å². The van der Waals surface area contributed by atoms with E-state index in [1.165, 1.54) is 12.8 Å². The molecule has 0 bridgehead atoms. The van der Waals surface area contributed by atoms with Crippen LogP contribution < -0.4 is 16.4 Å². The summed E-state index contributed by atoms with van der Waals surface area (Å²) in [7, 11) is 0. The van der Waals surface area contributed by atoms with Gasteiger partial charge in [0.2, 0.25) is 0 Å². The summed E-state index contributed by atoms with van der Waals surface area (Å²) in [6.07, 6.45) is 4.55. The van der Waals surface area contributed by atoms with Crippen LogP contribution in [0.25, 0.3) is 0 Å². The number of nitrogens with one attached hydrogen (secondary N) is 2. The summed E-state index contributed by atoms with van der Waals surface area (Å²) in [5, 5.41) is 6.68. The van der Waals surface area contributed by atoms with E-state index >= 15 is 0 Å². The fourth-order valence-corrected chi connectivity index (χ4v) is 1.10. The first-order valence-electron chi connectivity index (χ1n) is 5.32. The molecule has 0 aliphatic heterocycles. The molecule has 0 aromatic carbocycles. The van der Waals surface area contributed by atoms with Crippen LogP contribution in [0.5, 0.6) is 0 Å². The molecule has 0 rings (SSSR count). The molecule has 0 aromatic heterocycles. The Kier molecular flexibility index (Phi) is 20.4. The number of nitrogens with two attached hydrogens (primary N) is 1. The van der Waals surface area contributed by atoms with Crippen LogP contribution in [0, 0.1) is 6.92 Å². The van der Waals surface area contributed by atoms with Gasteiger partial charge in [0.1, 0.15) is 0 Å². The summed E-state index contributed by atoms with van der Waals surface area (Å²) in [4.78, 5) is 0. The SMILES string of the molecule is [CH2-]CCNCCCCNCCCN.[Y]. The number of rotatable bonds is 10. The molecule has 1 radical (unpaired) electrons. The van der Waals surface area contributed by atoms with E-state index in [4.69, 9.17) is 5.73 Å². The Balaban J connectivity index is 0. The van der Waals surface area contributed by atoms with Gasteiger partial charge in [-0.2, -0.15) is 6.42 Å². The number of unbranched alkanes of at least 4 members (excludes halogenated alkanes) is 1. The zero-order chi connectivity index (χ0) is 9.78. The Labute approximate surface area is 114 Å². The van der Waals surface area contributed by atoms with Crippen molar-refractivity contribution in [2.45, 2.75) is 25.7 Å². The van der Waals surface area contributed by atoms with Crippen LogP contribution in [0.4, 0.5) is 0 Å². The summed E-state index contributed by atoms with van der Waals surface area (Å²) in [5.74, 6) is 0.